The first-order chi connectivity index (χ1) is 9.54. The molecule has 2 rings (SSSR count). The molecular weight excluding hydrogens is 272 g/mol. The van der Waals surface area contributed by atoms with Gasteiger partial charge in [0.25, 0.3) is 0 Å². The van der Waals surface area contributed by atoms with Crippen molar-refractivity contribution in [3.05, 3.63) is 53.1 Å². The molecular formula is C16H19ClN2O. The third-order valence-electron chi connectivity index (χ3n) is 3.55. The summed E-state index contributed by atoms with van der Waals surface area (Å²) in [6.07, 6.45) is 0. The quantitative estimate of drug-likeness (QED) is 0.861. The third-order valence-corrected chi connectivity index (χ3v) is 3.90. The van der Waals surface area contributed by atoms with E-state index in [9.17, 15) is 0 Å². The van der Waals surface area contributed by atoms with Gasteiger partial charge in [0.15, 0.2) is 0 Å². The maximum atomic E-state index is 6.26. The molecule has 0 radical (unpaired) electrons. The van der Waals surface area contributed by atoms with E-state index in [-0.39, 0.29) is 6.04 Å². The van der Waals surface area contributed by atoms with Gasteiger partial charge in [-0.2, -0.15) is 0 Å². The number of nitrogens with zero attached hydrogens (tertiary/aromatic N) is 1. The molecule has 0 bridgehead atoms. The lowest BCUT2D eigenvalue weighted by atomic mass is 10.1. The Balaban J connectivity index is 2.31. The number of rotatable bonds is 4. The molecule has 0 amide bonds. The minimum absolute atomic E-state index is 0.124. The molecule has 0 saturated carbocycles. The van der Waals surface area contributed by atoms with Gasteiger partial charge in [-0.1, -0.05) is 29.8 Å². The van der Waals surface area contributed by atoms with Crippen molar-refractivity contribution in [2.45, 2.75) is 13.0 Å². The number of anilines is 2. The van der Waals surface area contributed by atoms with E-state index < -0.39 is 0 Å². The molecule has 1 unspecified atom stereocenters. The number of halogens is 1. The molecule has 0 fully saturated rings. The molecule has 4 heteroatoms. The first-order valence-corrected chi connectivity index (χ1v) is 6.83. The van der Waals surface area contributed by atoms with E-state index in [1.165, 1.54) is 0 Å². The Morgan fingerprint density at radius 3 is 2.50 bits per heavy atom. The van der Waals surface area contributed by atoms with E-state index in [4.69, 9.17) is 22.1 Å². The molecule has 2 aromatic rings. The summed E-state index contributed by atoms with van der Waals surface area (Å²) in [6, 6.07) is 13.7. The van der Waals surface area contributed by atoms with E-state index in [1.54, 1.807) is 7.11 Å². The van der Waals surface area contributed by atoms with E-state index in [1.807, 2.05) is 49.5 Å². The zero-order chi connectivity index (χ0) is 14.7. The SMILES string of the molecule is COc1ccc(N(C)C(C)c2ccccc2Cl)c(N)c1. The van der Waals surface area contributed by atoms with Gasteiger partial charge in [-0.05, 0) is 30.7 Å². The number of hydrogen-bond acceptors (Lipinski definition) is 3. The fourth-order valence-corrected chi connectivity index (χ4v) is 2.51. The average Bonchev–Trinajstić information content (AvgIpc) is 2.46. The standard InChI is InChI=1S/C16H19ClN2O/c1-11(13-6-4-5-7-14(13)17)19(2)16-9-8-12(20-3)10-15(16)18/h4-11H,18H2,1-3H3. The van der Waals surface area contributed by atoms with Crippen molar-refractivity contribution < 1.29 is 4.74 Å². The molecule has 0 aromatic heterocycles. The Hall–Kier alpha value is -1.87. The first kappa shape index (κ1) is 14.5. The van der Waals surface area contributed by atoms with Crippen LogP contribution >= 0.6 is 11.6 Å². The Bertz CT molecular complexity index is 601. The molecule has 0 saturated heterocycles. The smallest absolute Gasteiger partial charge is 0.121 e. The number of ether oxygens (including phenoxy) is 1. The molecule has 0 aliphatic carbocycles. The summed E-state index contributed by atoms with van der Waals surface area (Å²) in [5.74, 6) is 0.755. The maximum absolute atomic E-state index is 6.26. The zero-order valence-corrected chi connectivity index (χ0v) is 12.7. The lowest BCUT2D eigenvalue weighted by Gasteiger charge is -2.29. The molecule has 20 heavy (non-hydrogen) atoms. The summed E-state index contributed by atoms with van der Waals surface area (Å²) in [6.45, 7) is 2.10. The van der Waals surface area contributed by atoms with Crippen LogP contribution in [0.25, 0.3) is 0 Å². The second-order valence-electron chi connectivity index (χ2n) is 4.73. The molecule has 106 valence electrons. The Morgan fingerprint density at radius 1 is 1.20 bits per heavy atom. The fraction of sp³-hybridized carbons (Fsp3) is 0.250. The summed E-state index contributed by atoms with van der Waals surface area (Å²) in [4.78, 5) is 2.11. The molecule has 1 atom stereocenters. The predicted octanol–water partition coefficient (Wildman–Crippen LogP) is 4.13. The van der Waals surface area contributed by atoms with Crippen molar-refractivity contribution in [3.8, 4) is 5.75 Å². The topological polar surface area (TPSA) is 38.5 Å². The van der Waals surface area contributed by atoms with E-state index >= 15 is 0 Å². The molecule has 2 N–H and O–H groups in total. The van der Waals surface area contributed by atoms with Gasteiger partial charge in [0, 0.05) is 18.1 Å². The van der Waals surface area contributed by atoms with Crippen LogP contribution in [0.4, 0.5) is 11.4 Å². The van der Waals surface area contributed by atoms with Crippen LogP contribution in [0.1, 0.15) is 18.5 Å². The van der Waals surface area contributed by atoms with Crippen LogP contribution in [0.2, 0.25) is 5.02 Å². The van der Waals surface area contributed by atoms with Crippen LogP contribution in [0.15, 0.2) is 42.5 Å². The van der Waals surface area contributed by atoms with Crippen LogP contribution in [-0.2, 0) is 0 Å². The van der Waals surface area contributed by atoms with E-state index in [0.717, 1.165) is 22.0 Å². The Morgan fingerprint density at radius 2 is 1.90 bits per heavy atom. The lowest BCUT2D eigenvalue weighted by Crippen LogP contribution is -2.22. The highest BCUT2D eigenvalue weighted by molar-refractivity contribution is 6.31. The van der Waals surface area contributed by atoms with Crippen LogP contribution < -0.4 is 15.4 Å². The van der Waals surface area contributed by atoms with Gasteiger partial charge in [-0.3, -0.25) is 0 Å². The summed E-state index contributed by atoms with van der Waals surface area (Å²) < 4.78 is 5.17. The van der Waals surface area contributed by atoms with E-state index in [2.05, 4.69) is 11.8 Å². The van der Waals surface area contributed by atoms with Crippen molar-refractivity contribution in [2.75, 3.05) is 24.8 Å². The summed E-state index contributed by atoms with van der Waals surface area (Å²) in [7, 11) is 3.64. The minimum Gasteiger partial charge on any atom is -0.497 e. The summed E-state index contributed by atoms with van der Waals surface area (Å²) in [5.41, 5.74) is 8.82. The van der Waals surface area contributed by atoms with Crippen molar-refractivity contribution in [3.63, 3.8) is 0 Å². The first-order valence-electron chi connectivity index (χ1n) is 6.45. The lowest BCUT2D eigenvalue weighted by molar-refractivity contribution is 0.415. The van der Waals surface area contributed by atoms with E-state index in [0.29, 0.717) is 5.69 Å². The maximum Gasteiger partial charge on any atom is 0.121 e. The fourth-order valence-electron chi connectivity index (χ4n) is 2.21. The molecule has 2 aromatic carbocycles. The number of methoxy groups -OCH3 is 1. The van der Waals surface area contributed by atoms with Gasteiger partial charge in [-0.15, -0.1) is 0 Å². The minimum atomic E-state index is 0.124. The number of nitrogens with two attached hydrogens (primary N) is 1. The van der Waals surface area contributed by atoms with Crippen molar-refractivity contribution in [1.82, 2.24) is 0 Å². The average molecular weight is 291 g/mol. The Kier molecular flexibility index (Phi) is 4.40. The second kappa shape index (κ2) is 6.06. The molecule has 0 aliphatic heterocycles. The summed E-state index contributed by atoms with van der Waals surface area (Å²) >= 11 is 6.26. The Labute approximate surface area is 124 Å². The van der Waals surface area contributed by atoms with Crippen molar-refractivity contribution in [1.29, 1.82) is 0 Å². The third kappa shape index (κ3) is 2.83. The zero-order valence-electron chi connectivity index (χ0n) is 11.9. The second-order valence-corrected chi connectivity index (χ2v) is 5.14. The highest BCUT2D eigenvalue weighted by Gasteiger charge is 2.16. The normalized spacial score (nSPS) is 12.0. The number of hydrogen-bond donors (Lipinski definition) is 1. The molecule has 3 nitrogen and oxygen atoms in total. The van der Waals surface area contributed by atoms with Crippen LogP contribution in [0, 0.1) is 0 Å². The summed E-state index contributed by atoms with van der Waals surface area (Å²) in [5, 5.41) is 0.763. The van der Waals surface area contributed by atoms with Crippen LogP contribution in [0.5, 0.6) is 5.75 Å². The molecule has 0 heterocycles. The van der Waals surface area contributed by atoms with Crippen molar-refractivity contribution >= 4 is 23.0 Å². The van der Waals surface area contributed by atoms with Gasteiger partial charge in [-0.25, -0.2) is 0 Å². The monoisotopic (exact) mass is 290 g/mol. The molecule has 0 spiro atoms. The van der Waals surface area contributed by atoms with Gasteiger partial charge >= 0.3 is 0 Å². The number of benzene rings is 2. The van der Waals surface area contributed by atoms with Gasteiger partial charge < -0.3 is 15.4 Å². The largest absolute Gasteiger partial charge is 0.497 e. The highest BCUT2D eigenvalue weighted by Crippen LogP contribution is 2.34. The number of nitrogen functional groups attached to an aromatic ring is 1. The highest BCUT2D eigenvalue weighted by atomic mass is 35.5. The predicted molar refractivity (Wildman–Crippen MR) is 85.7 cm³/mol. The molecule has 0 aliphatic rings. The van der Waals surface area contributed by atoms with Crippen LogP contribution in [-0.4, -0.2) is 14.2 Å². The van der Waals surface area contributed by atoms with Crippen LogP contribution in [0.3, 0.4) is 0 Å². The van der Waals surface area contributed by atoms with Gasteiger partial charge in [0.2, 0.25) is 0 Å². The van der Waals surface area contributed by atoms with Crippen molar-refractivity contribution in [2.24, 2.45) is 0 Å². The van der Waals surface area contributed by atoms with Gasteiger partial charge in [0.05, 0.1) is 24.5 Å². The van der Waals surface area contributed by atoms with Gasteiger partial charge in [0.1, 0.15) is 5.75 Å².